The first-order chi connectivity index (χ1) is 7.74. The lowest BCUT2D eigenvalue weighted by Crippen LogP contribution is -2.12. The largest absolute Gasteiger partial charge is 0.497 e. The van der Waals surface area contributed by atoms with Crippen LogP contribution in [-0.4, -0.2) is 26.9 Å². The van der Waals surface area contributed by atoms with E-state index in [1.165, 1.54) is 0 Å². The molecule has 1 amide bonds. The van der Waals surface area contributed by atoms with Gasteiger partial charge in [-0.1, -0.05) is 0 Å². The molecule has 1 aromatic carbocycles. The van der Waals surface area contributed by atoms with Crippen molar-refractivity contribution in [2.24, 2.45) is 0 Å². The molecule has 1 aliphatic heterocycles. The van der Waals surface area contributed by atoms with Crippen LogP contribution in [0.25, 0.3) is 0 Å². The number of nitrogens with one attached hydrogen (secondary N) is 1. The Morgan fingerprint density at radius 1 is 1.38 bits per heavy atom. The summed E-state index contributed by atoms with van der Waals surface area (Å²) in [6, 6.07) is 5.40. The number of methoxy groups -OCH3 is 2. The first-order valence-electron chi connectivity index (χ1n) is 4.91. The molecule has 1 unspecified atom stereocenters. The van der Waals surface area contributed by atoms with Crippen molar-refractivity contribution in [1.82, 2.24) is 5.32 Å². The first-order valence-corrected chi connectivity index (χ1v) is 4.91. The number of alkyl carbamates (subject to hydrolysis) is 1. The summed E-state index contributed by atoms with van der Waals surface area (Å²) in [6.45, 7) is 0.447. The molecule has 16 heavy (non-hydrogen) atoms. The summed E-state index contributed by atoms with van der Waals surface area (Å²) in [5.41, 5.74) is 0.806. The molecule has 1 aliphatic rings. The normalized spacial score (nSPS) is 18.9. The van der Waals surface area contributed by atoms with Crippen molar-refractivity contribution in [2.45, 2.75) is 6.10 Å². The third-order valence-corrected chi connectivity index (χ3v) is 2.46. The van der Waals surface area contributed by atoms with Gasteiger partial charge in [-0.15, -0.1) is 0 Å². The van der Waals surface area contributed by atoms with Crippen LogP contribution in [-0.2, 0) is 4.74 Å². The lowest BCUT2D eigenvalue weighted by molar-refractivity contribution is 0.139. The van der Waals surface area contributed by atoms with Gasteiger partial charge in [0.15, 0.2) is 0 Å². The maximum Gasteiger partial charge on any atom is 0.407 e. The van der Waals surface area contributed by atoms with Gasteiger partial charge in [0.1, 0.15) is 17.6 Å². The highest BCUT2D eigenvalue weighted by Gasteiger charge is 2.27. The molecule has 1 saturated heterocycles. The van der Waals surface area contributed by atoms with Crippen molar-refractivity contribution >= 4 is 6.09 Å². The highest BCUT2D eigenvalue weighted by atomic mass is 16.6. The van der Waals surface area contributed by atoms with Crippen LogP contribution in [0, 0.1) is 0 Å². The van der Waals surface area contributed by atoms with E-state index in [4.69, 9.17) is 14.2 Å². The fourth-order valence-electron chi connectivity index (χ4n) is 1.65. The van der Waals surface area contributed by atoms with E-state index in [1.807, 2.05) is 6.07 Å². The molecule has 0 aromatic heterocycles. The van der Waals surface area contributed by atoms with Gasteiger partial charge in [0, 0.05) is 5.56 Å². The molecular weight excluding hydrogens is 210 g/mol. The number of carbonyl (C=O) groups is 1. The number of ether oxygens (including phenoxy) is 3. The van der Waals surface area contributed by atoms with E-state index < -0.39 is 6.09 Å². The van der Waals surface area contributed by atoms with Crippen molar-refractivity contribution in [3.05, 3.63) is 23.8 Å². The summed E-state index contributed by atoms with van der Waals surface area (Å²) in [4.78, 5) is 11.0. The van der Waals surface area contributed by atoms with Crippen LogP contribution < -0.4 is 14.8 Å². The topological polar surface area (TPSA) is 56.8 Å². The smallest absolute Gasteiger partial charge is 0.407 e. The molecule has 1 fully saturated rings. The maximum absolute atomic E-state index is 11.0. The molecule has 5 nitrogen and oxygen atoms in total. The van der Waals surface area contributed by atoms with Gasteiger partial charge in [-0.25, -0.2) is 4.79 Å². The molecule has 0 saturated carbocycles. The number of hydrogen-bond acceptors (Lipinski definition) is 4. The molecule has 1 atom stereocenters. The molecule has 5 heteroatoms. The average Bonchev–Trinajstić information content (AvgIpc) is 2.75. The van der Waals surface area contributed by atoms with Crippen molar-refractivity contribution < 1.29 is 19.0 Å². The second-order valence-electron chi connectivity index (χ2n) is 3.38. The zero-order chi connectivity index (χ0) is 11.5. The first kappa shape index (κ1) is 10.6. The zero-order valence-electron chi connectivity index (χ0n) is 9.15. The van der Waals surface area contributed by atoms with Crippen LogP contribution in [0.5, 0.6) is 11.5 Å². The number of cyclic esters (lactones) is 1. The number of hydrogen-bond donors (Lipinski definition) is 1. The van der Waals surface area contributed by atoms with E-state index in [2.05, 4.69) is 5.32 Å². The average molecular weight is 223 g/mol. The number of benzene rings is 1. The SMILES string of the molecule is COc1ccc(OC)c(C2CNC(=O)O2)c1. The fourth-order valence-corrected chi connectivity index (χ4v) is 1.65. The molecular formula is C11H13NO4. The lowest BCUT2D eigenvalue weighted by Gasteiger charge is -2.14. The highest BCUT2D eigenvalue weighted by molar-refractivity contribution is 5.70. The van der Waals surface area contributed by atoms with Crippen molar-refractivity contribution in [3.63, 3.8) is 0 Å². The van der Waals surface area contributed by atoms with Gasteiger partial charge in [0.25, 0.3) is 0 Å². The Bertz CT molecular complexity index is 405. The van der Waals surface area contributed by atoms with Crippen LogP contribution >= 0.6 is 0 Å². The zero-order valence-corrected chi connectivity index (χ0v) is 9.15. The Kier molecular flexibility index (Phi) is 2.85. The van der Waals surface area contributed by atoms with Crippen molar-refractivity contribution in [2.75, 3.05) is 20.8 Å². The molecule has 1 heterocycles. The molecule has 1 N–H and O–H groups in total. The summed E-state index contributed by atoms with van der Waals surface area (Å²) in [6.07, 6.45) is -0.729. The standard InChI is InChI=1S/C11H13NO4/c1-14-7-3-4-9(15-2)8(5-7)10-6-12-11(13)16-10/h3-5,10H,6H2,1-2H3,(H,12,13). The van der Waals surface area contributed by atoms with E-state index in [1.54, 1.807) is 26.4 Å². The Morgan fingerprint density at radius 2 is 2.19 bits per heavy atom. The van der Waals surface area contributed by atoms with Crippen molar-refractivity contribution in [3.8, 4) is 11.5 Å². The van der Waals surface area contributed by atoms with Crippen LogP contribution in [0.4, 0.5) is 4.79 Å². The minimum atomic E-state index is -0.408. The Hall–Kier alpha value is -1.91. The Labute approximate surface area is 93.3 Å². The molecule has 0 bridgehead atoms. The minimum absolute atomic E-state index is 0.322. The van der Waals surface area contributed by atoms with E-state index in [9.17, 15) is 4.79 Å². The Balaban J connectivity index is 2.33. The maximum atomic E-state index is 11.0. The fraction of sp³-hybridized carbons (Fsp3) is 0.364. The third-order valence-electron chi connectivity index (χ3n) is 2.46. The third kappa shape index (κ3) is 1.88. The summed E-state index contributed by atoms with van der Waals surface area (Å²) >= 11 is 0. The molecule has 0 radical (unpaired) electrons. The van der Waals surface area contributed by atoms with E-state index in [-0.39, 0.29) is 6.10 Å². The van der Waals surface area contributed by atoms with Gasteiger partial charge in [-0.3, -0.25) is 0 Å². The van der Waals surface area contributed by atoms with Gasteiger partial charge >= 0.3 is 6.09 Å². The summed E-state index contributed by atoms with van der Waals surface area (Å²) in [5, 5.41) is 2.60. The number of amides is 1. The van der Waals surface area contributed by atoms with Gasteiger partial charge in [-0.05, 0) is 18.2 Å². The van der Waals surface area contributed by atoms with Gasteiger partial charge in [-0.2, -0.15) is 0 Å². The van der Waals surface area contributed by atoms with Crippen LogP contribution in [0.3, 0.4) is 0 Å². The molecule has 0 spiro atoms. The quantitative estimate of drug-likeness (QED) is 0.843. The number of rotatable bonds is 3. The predicted molar refractivity (Wildman–Crippen MR) is 56.8 cm³/mol. The molecule has 0 aliphatic carbocycles. The minimum Gasteiger partial charge on any atom is -0.497 e. The monoisotopic (exact) mass is 223 g/mol. The van der Waals surface area contributed by atoms with Gasteiger partial charge in [0.2, 0.25) is 0 Å². The van der Waals surface area contributed by atoms with Crippen LogP contribution in [0.1, 0.15) is 11.7 Å². The van der Waals surface area contributed by atoms with E-state index >= 15 is 0 Å². The number of carbonyl (C=O) groups excluding carboxylic acids is 1. The Morgan fingerprint density at radius 3 is 2.75 bits per heavy atom. The molecule has 1 aromatic rings. The van der Waals surface area contributed by atoms with Gasteiger partial charge in [0.05, 0.1) is 20.8 Å². The van der Waals surface area contributed by atoms with E-state index in [0.717, 1.165) is 5.56 Å². The van der Waals surface area contributed by atoms with Crippen molar-refractivity contribution in [1.29, 1.82) is 0 Å². The van der Waals surface area contributed by atoms with Crippen LogP contribution in [0.15, 0.2) is 18.2 Å². The highest BCUT2D eigenvalue weighted by Crippen LogP contribution is 2.32. The van der Waals surface area contributed by atoms with Gasteiger partial charge < -0.3 is 19.5 Å². The second kappa shape index (κ2) is 4.30. The van der Waals surface area contributed by atoms with Crippen LogP contribution in [0.2, 0.25) is 0 Å². The summed E-state index contributed by atoms with van der Waals surface area (Å²) in [5.74, 6) is 1.39. The van der Waals surface area contributed by atoms with E-state index in [0.29, 0.717) is 18.0 Å². The summed E-state index contributed by atoms with van der Waals surface area (Å²) in [7, 11) is 3.17. The predicted octanol–water partition coefficient (Wildman–Crippen LogP) is 1.48. The molecule has 86 valence electrons. The molecule has 2 rings (SSSR count). The lowest BCUT2D eigenvalue weighted by atomic mass is 10.1. The second-order valence-corrected chi connectivity index (χ2v) is 3.38. The summed E-state index contributed by atoms with van der Waals surface area (Å²) < 4.78 is 15.4.